The molecule has 1 aromatic carbocycles. The van der Waals surface area contributed by atoms with Gasteiger partial charge >= 0.3 is 0 Å². The molecule has 110 valence electrons. The molecule has 0 unspecified atom stereocenters. The molecule has 0 aliphatic carbocycles. The number of carbonyl (C=O) groups excluding carboxylic acids is 2. The number of nitrogens with one attached hydrogen (secondary N) is 1. The van der Waals surface area contributed by atoms with Gasteiger partial charge in [-0.15, -0.1) is 5.10 Å². The van der Waals surface area contributed by atoms with Gasteiger partial charge in [0.15, 0.2) is 5.17 Å². The Hall–Kier alpha value is -2.42. The summed E-state index contributed by atoms with van der Waals surface area (Å²) < 4.78 is 0. The van der Waals surface area contributed by atoms with Crippen molar-refractivity contribution in [3.63, 3.8) is 0 Å². The maximum atomic E-state index is 11.7. The Kier molecular flexibility index (Phi) is 4.22. The highest BCUT2D eigenvalue weighted by Crippen LogP contribution is 2.42. The van der Waals surface area contributed by atoms with E-state index in [1.807, 2.05) is 0 Å². The van der Waals surface area contributed by atoms with Crippen LogP contribution < -0.4 is 5.32 Å². The van der Waals surface area contributed by atoms with Crippen molar-refractivity contribution in [2.24, 2.45) is 5.10 Å². The van der Waals surface area contributed by atoms with E-state index < -0.39 is 10.3 Å². The van der Waals surface area contributed by atoms with E-state index in [9.17, 15) is 19.7 Å². The first-order valence-electron chi connectivity index (χ1n) is 5.96. The quantitative estimate of drug-likeness (QED) is 0.660. The molecule has 0 saturated heterocycles. The van der Waals surface area contributed by atoms with E-state index in [0.29, 0.717) is 5.56 Å². The van der Waals surface area contributed by atoms with Gasteiger partial charge in [-0.25, -0.2) is 5.01 Å². The van der Waals surface area contributed by atoms with Gasteiger partial charge in [-0.2, -0.15) is 0 Å². The first kappa shape index (κ1) is 15.0. The average Bonchev–Trinajstić information content (AvgIpc) is 2.81. The molecular weight excluding hydrogens is 296 g/mol. The van der Waals surface area contributed by atoms with Crippen LogP contribution in [0.2, 0.25) is 0 Å². The average molecular weight is 308 g/mol. The predicted octanol–water partition coefficient (Wildman–Crippen LogP) is 1.60. The van der Waals surface area contributed by atoms with Gasteiger partial charge in [0.25, 0.3) is 5.69 Å². The predicted molar refractivity (Wildman–Crippen MR) is 77.2 cm³/mol. The third-order valence-corrected chi connectivity index (χ3v) is 3.73. The van der Waals surface area contributed by atoms with Gasteiger partial charge in [0.05, 0.1) is 10.5 Å². The lowest BCUT2D eigenvalue weighted by atomic mass is 10.1. The van der Waals surface area contributed by atoms with Gasteiger partial charge in [0.2, 0.25) is 11.8 Å². The highest BCUT2D eigenvalue weighted by molar-refractivity contribution is 8.14. The smallest absolute Gasteiger partial charge is 0.275 e. The third kappa shape index (κ3) is 3.19. The number of para-hydroxylation sites is 1. The van der Waals surface area contributed by atoms with Gasteiger partial charge in [-0.1, -0.05) is 23.9 Å². The molecule has 0 spiro atoms. The molecule has 8 nitrogen and oxygen atoms in total. The molecule has 0 fully saturated rings. The van der Waals surface area contributed by atoms with Crippen LogP contribution in [0, 0.1) is 10.1 Å². The molecule has 1 N–H and O–H groups in total. The zero-order valence-electron chi connectivity index (χ0n) is 11.3. The number of amidine groups is 1. The molecule has 21 heavy (non-hydrogen) atoms. The largest absolute Gasteiger partial charge is 0.304 e. The minimum atomic E-state index is -0.675. The lowest BCUT2D eigenvalue weighted by Gasteiger charge is -2.18. The van der Waals surface area contributed by atoms with Gasteiger partial charge in [0.1, 0.15) is 5.37 Å². The highest BCUT2D eigenvalue weighted by atomic mass is 32.2. The van der Waals surface area contributed by atoms with E-state index in [4.69, 9.17) is 0 Å². The summed E-state index contributed by atoms with van der Waals surface area (Å²) in [6.07, 6.45) is 0. The van der Waals surface area contributed by atoms with Crippen LogP contribution in [-0.4, -0.2) is 26.9 Å². The van der Waals surface area contributed by atoms with Gasteiger partial charge in [-0.05, 0) is 6.07 Å². The van der Waals surface area contributed by atoms with Crippen molar-refractivity contribution < 1.29 is 14.5 Å². The van der Waals surface area contributed by atoms with Crippen LogP contribution in [0.5, 0.6) is 0 Å². The zero-order chi connectivity index (χ0) is 15.6. The van der Waals surface area contributed by atoms with Crippen molar-refractivity contribution in [3.05, 3.63) is 39.9 Å². The number of nitro benzene ring substituents is 1. The number of amides is 2. The Morgan fingerprint density at radius 1 is 1.38 bits per heavy atom. The molecule has 1 atom stereocenters. The Morgan fingerprint density at radius 3 is 2.62 bits per heavy atom. The summed E-state index contributed by atoms with van der Waals surface area (Å²) in [6, 6.07) is 6.13. The van der Waals surface area contributed by atoms with E-state index in [1.165, 1.54) is 19.9 Å². The van der Waals surface area contributed by atoms with Crippen LogP contribution in [0.4, 0.5) is 5.69 Å². The number of nitrogens with zero attached hydrogens (tertiary/aromatic N) is 3. The monoisotopic (exact) mass is 308 g/mol. The Balaban J connectivity index is 2.38. The number of thioether (sulfide) groups is 1. The lowest BCUT2D eigenvalue weighted by Crippen LogP contribution is -2.25. The minimum absolute atomic E-state index is 0.0967. The van der Waals surface area contributed by atoms with Gasteiger partial charge in [0, 0.05) is 19.9 Å². The second-order valence-corrected chi connectivity index (χ2v) is 5.30. The molecule has 0 saturated carbocycles. The Bertz CT molecular complexity index is 646. The Morgan fingerprint density at radius 2 is 2.05 bits per heavy atom. The van der Waals surface area contributed by atoms with Crippen LogP contribution in [0.3, 0.4) is 0 Å². The zero-order valence-corrected chi connectivity index (χ0v) is 12.1. The van der Waals surface area contributed by atoms with E-state index >= 15 is 0 Å². The number of rotatable bonds is 2. The summed E-state index contributed by atoms with van der Waals surface area (Å²) in [6.45, 7) is 2.63. The van der Waals surface area contributed by atoms with Crippen molar-refractivity contribution >= 4 is 34.4 Å². The summed E-state index contributed by atoms with van der Waals surface area (Å²) in [5, 5.41) is 18.3. The number of nitro groups is 1. The van der Waals surface area contributed by atoms with E-state index in [-0.39, 0.29) is 22.7 Å². The third-order valence-electron chi connectivity index (χ3n) is 2.65. The molecule has 1 heterocycles. The minimum Gasteiger partial charge on any atom is -0.304 e. The van der Waals surface area contributed by atoms with Crippen LogP contribution >= 0.6 is 11.8 Å². The standard InChI is InChI=1S/C12H12N4O4S/c1-7(17)13-12-14-15(8(2)18)11(21-12)9-5-3-4-6-10(9)16(19)20/h3-6,11H,1-2H3,(H,13,14,17)/t11-/m1/s1. The maximum Gasteiger partial charge on any atom is 0.275 e. The second kappa shape index (κ2) is 5.92. The molecule has 1 aromatic rings. The normalized spacial score (nSPS) is 17.3. The fraction of sp³-hybridized carbons (Fsp3) is 0.250. The highest BCUT2D eigenvalue weighted by Gasteiger charge is 2.36. The fourth-order valence-corrected chi connectivity index (χ4v) is 3.00. The van der Waals surface area contributed by atoms with Crippen molar-refractivity contribution in [1.29, 1.82) is 0 Å². The number of benzene rings is 1. The van der Waals surface area contributed by atoms with E-state index in [1.54, 1.807) is 18.2 Å². The van der Waals surface area contributed by atoms with Crippen LogP contribution in [0.15, 0.2) is 29.4 Å². The summed E-state index contributed by atoms with van der Waals surface area (Å²) in [5.74, 6) is -0.695. The molecular formula is C12H12N4O4S. The van der Waals surface area contributed by atoms with Crippen LogP contribution in [0.1, 0.15) is 24.8 Å². The molecule has 1 aliphatic heterocycles. The fourth-order valence-electron chi connectivity index (χ4n) is 1.83. The second-order valence-electron chi connectivity index (χ2n) is 4.24. The summed E-state index contributed by atoms with van der Waals surface area (Å²) in [4.78, 5) is 33.3. The lowest BCUT2D eigenvalue weighted by molar-refractivity contribution is -0.385. The molecule has 0 bridgehead atoms. The number of hydrogen-bond acceptors (Lipinski definition) is 6. The number of hydrazone groups is 1. The molecule has 2 amide bonds. The van der Waals surface area contributed by atoms with E-state index in [0.717, 1.165) is 16.8 Å². The first-order valence-corrected chi connectivity index (χ1v) is 6.84. The molecule has 1 aliphatic rings. The van der Waals surface area contributed by atoms with Crippen LogP contribution in [-0.2, 0) is 9.59 Å². The molecule has 0 aromatic heterocycles. The van der Waals surface area contributed by atoms with Gasteiger partial charge < -0.3 is 5.32 Å². The van der Waals surface area contributed by atoms with Crippen molar-refractivity contribution in [1.82, 2.24) is 10.3 Å². The molecule has 0 radical (unpaired) electrons. The van der Waals surface area contributed by atoms with Crippen molar-refractivity contribution in [2.75, 3.05) is 0 Å². The number of hydrogen-bond donors (Lipinski definition) is 1. The number of carbonyl (C=O) groups is 2. The summed E-state index contributed by atoms with van der Waals surface area (Å²) in [5.41, 5.74) is 0.257. The van der Waals surface area contributed by atoms with Crippen molar-refractivity contribution in [2.45, 2.75) is 19.2 Å². The van der Waals surface area contributed by atoms with Crippen molar-refractivity contribution in [3.8, 4) is 0 Å². The SMILES string of the molecule is CC(=O)NC1=NN(C(C)=O)[C@@H](c2ccccc2[N+](=O)[O-])S1. The maximum absolute atomic E-state index is 11.7. The molecule has 2 rings (SSSR count). The van der Waals surface area contributed by atoms with Gasteiger partial charge in [-0.3, -0.25) is 19.7 Å². The molecule has 9 heteroatoms. The summed E-state index contributed by atoms with van der Waals surface area (Å²) >= 11 is 1.08. The Labute approximate surface area is 124 Å². The van der Waals surface area contributed by atoms with Crippen LogP contribution in [0.25, 0.3) is 0 Å². The summed E-state index contributed by atoms with van der Waals surface area (Å²) in [7, 11) is 0. The first-order chi connectivity index (χ1) is 9.90. The van der Waals surface area contributed by atoms with E-state index in [2.05, 4.69) is 10.4 Å². The topological polar surface area (TPSA) is 105 Å².